The van der Waals surface area contributed by atoms with Gasteiger partial charge >= 0.3 is 0 Å². The summed E-state index contributed by atoms with van der Waals surface area (Å²) in [4.78, 5) is 0.792. The molecule has 1 heterocycles. The van der Waals surface area contributed by atoms with Crippen molar-refractivity contribution in [3.63, 3.8) is 0 Å². The molecule has 1 unspecified atom stereocenters. The Morgan fingerprint density at radius 2 is 1.81 bits per heavy atom. The minimum atomic E-state index is -1.28. The Kier molecular flexibility index (Phi) is 3.00. The van der Waals surface area contributed by atoms with Gasteiger partial charge in [-0.2, -0.15) is 0 Å². The molecule has 1 aliphatic rings. The summed E-state index contributed by atoms with van der Waals surface area (Å²) in [6.45, 7) is 6.98. The molecule has 1 aromatic rings. The van der Waals surface area contributed by atoms with Crippen LogP contribution in [0.15, 0.2) is 30.3 Å². The van der Waals surface area contributed by atoms with E-state index in [1.54, 1.807) is 0 Å². The Labute approximate surface area is 99.0 Å². The van der Waals surface area contributed by atoms with Gasteiger partial charge in [-0.3, -0.25) is 4.18 Å². The first kappa shape index (κ1) is 11.6. The van der Waals surface area contributed by atoms with Crippen molar-refractivity contribution < 1.29 is 8.39 Å². The first-order valence-electron chi connectivity index (χ1n) is 5.34. The van der Waals surface area contributed by atoms with Gasteiger partial charge in [-0.05, 0) is 22.6 Å². The Bertz CT molecular complexity index is 438. The Balaban J connectivity index is 2.30. The maximum Gasteiger partial charge on any atom is 0.189 e. The molecule has 1 aromatic carbocycles. The Hall–Kier alpha value is -0.930. The summed E-state index contributed by atoms with van der Waals surface area (Å²) in [5.74, 6) is 0. The molecule has 0 saturated heterocycles. The van der Waals surface area contributed by atoms with Gasteiger partial charge < -0.3 is 0 Å². The summed E-state index contributed by atoms with van der Waals surface area (Å²) < 4.78 is 16.5. The van der Waals surface area contributed by atoms with E-state index in [4.69, 9.17) is 4.18 Å². The Morgan fingerprint density at radius 3 is 2.25 bits per heavy atom. The normalized spacial score (nSPS) is 20.9. The summed E-state index contributed by atoms with van der Waals surface area (Å²) in [5, 5.41) is 0. The average Bonchev–Trinajstić information content (AvgIpc) is 2.63. The highest BCUT2D eigenvalue weighted by molar-refractivity contribution is 7.90. The number of benzene rings is 1. The van der Waals surface area contributed by atoms with Gasteiger partial charge in [-0.15, -0.1) is 0 Å². The molecule has 2 rings (SSSR count). The number of hydrogen-bond acceptors (Lipinski definition) is 2. The monoisotopic (exact) mass is 236 g/mol. The van der Waals surface area contributed by atoms with Crippen LogP contribution in [0.4, 0.5) is 0 Å². The van der Waals surface area contributed by atoms with Crippen LogP contribution in [0.1, 0.15) is 31.9 Å². The molecule has 2 nitrogen and oxygen atoms in total. The third-order valence-corrected chi connectivity index (χ3v) is 3.77. The smallest absolute Gasteiger partial charge is 0.189 e. The molecule has 0 N–H and O–H groups in total. The van der Waals surface area contributed by atoms with Crippen molar-refractivity contribution >= 4 is 16.0 Å². The van der Waals surface area contributed by atoms with Crippen LogP contribution < -0.4 is 0 Å². The molecule has 3 heteroatoms. The molecule has 1 atom stereocenters. The minimum Gasteiger partial charge on any atom is -0.282 e. The highest BCUT2D eigenvalue weighted by Gasteiger charge is 2.18. The molecule has 0 radical (unpaired) electrons. The van der Waals surface area contributed by atoms with E-state index in [2.05, 4.69) is 32.9 Å². The summed E-state index contributed by atoms with van der Waals surface area (Å²) in [7, 11) is 0. The van der Waals surface area contributed by atoms with Crippen LogP contribution in [0, 0.1) is 0 Å². The van der Waals surface area contributed by atoms with Gasteiger partial charge in [-0.1, -0.05) is 45.0 Å². The molecule has 0 bridgehead atoms. The van der Waals surface area contributed by atoms with Gasteiger partial charge in [0.1, 0.15) is 0 Å². The van der Waals surface area contributed by atoms with Gasteiger partial charge in [0.15, 0.2) is 11.1 Å². The molecule has 16 heavy (non-hydrogen) atoms. The zero-order valence-corrected chi connectivity index (χ0v) is 10.6. The summed E-state index contributed by atoms with van der Waals surface area (Å²) >= 11 is -1.28. The lowest BCUT2D eigenvalue weighted by atomic mass is 9.87. The van der Waals surface area contributed by atoms with E-state index in [0.717, 1.165) is 10.5 Å². The van der Waals surface area contributed by atoms with Crippen molar-refractivity contribution in [1.29, 1.82) is 0 Å². The predicted molar refractivity (Wildman–Crippen MR) is 67.2 cm³/mol. The zero-order valence-electron chi connectivity index (χ0n) is 9.82. The summed E-state index contributed by atoms with van der Waals surface area (Å²) in [5.41, 5.74) is 2.42. The third kappa shape index (κ3) is 2.25. The lowest BCUT2D eigenvalue weighted by Crippen LogP contribution is -2.10. The highest BCUT2D eigenvalue weighted by atomic mass is 32.2. The van der Waals surface area contributed by atoms with Crippen molar-refractivity contribution in [2.75, 3.05) is 6.61 Å². The maximum atomic E-state index is 11.5. The van der Waals surface area contributed by atoms with Crippen LogP contribution in [0.3, 0.4) is 0 Å². The Morgan fingerprint density at radius 1 is 1.19 bits per heavy atom. The second-order valence-corrected chi connectivity index (χ2v) is 6.06. The van der Waals surface area contributed by atoms with Gasteiger partial charge in [0.05, 0.1) is 11.5 Å². The first-order chi connectivity index (χ1) is 7.48. The van der Waals surface area contributed by atoms with Crippen LogP contribution >= 0.6 is 0 Å². The van der Waals surface area contributed by atoms with Crippen molar-refractivity contribution in [3.05, 3.63) is 41.5 Å². The quantitative estimate of drug-likeness (QED) is 0.749. The van der Waals surface area contributed by atoms with Crippen molar-refractivity contribution in [1.82, 2.24) is 0 Å². The fraction of sp³-hybridized carbons (Fsp3) is 0.385. The van der Waals surface area contributed by atoms with E-state index in [-0.39, 0.29) is 5.41 Å². The van der Waals surface area contributed by atoms with E-state index in [9.17, 15) is 4.21 Å². The SMILES string of the molecule is CC(C)(C)c1ccc(C2=CCOS2=O)cc1. The second kappa shape index (κ2) is 4.15. The van der Waals surface area contributed by atoms with Crippen LogP contribution in [0.2, 0.25) is 0 Å². The molecule has 0 amide bonds. The van der Waals surface area contributed by atoms with Crippen LogP contribution in [-0.4, -0.2) is 10.8 Å². The fourth-order valence-electron chi connectivity index (χ4n) is 1.65. The van der Waals surface area contributed by atoms with Crippen LogP contribution in [-0.2, 0) is 20.7 Å². The minimum absolute atomic E-state index is 0.151. The van der Waals surface area contributed by atoms with E-state index in [1.807, 2.05) is 18.2 Å². The van der Waals surface area contributed by atoms with Crippen molar-refractivity contribution in [2.45, 2.75) is 26.2 Å². The van der Waals surface area contributed by atoms with Crippen LogP contribution in [0.5, 0.6) is 0 Å². The van der Waals surface area contributed by atoms with Crippen molar-refractivity contribution in [3.8, 4) is 0 Å². The summed E-state index contributed by atoms with van der Waals surface area (Å²) in [6.07, 6.45) is 1.88. The molecular formula is C13H16O2S. The van der Waals surface area contributed by atoms with Gasteiger partial charge in [-0.25, -0.2) is 4.21 Å². The standard InChI is InChI=1S/C13H16O2S/c1-13(2,3)11-6-4-10(5-7-11)12-8-9-15-16(12)14/h4-8H,9H2,1-3H3. The predicted octanol–water partition coefficient (Wildman–Crippen LogP) is 3.02. The number of hydrogen-bond donors (Lipinski definition) is 0. The van der Waals surface area contributed by atoms with Gasteiger partial charge in [0.2, 0.25) is 0 Å². The van der Waals surface area contributed by atoms with E-state index >= 15 is 0 Å². The first-order valence-corrected chi connectivity index (χ1v) is 6.42. The topological polar surface area (TPSA) is 26.3 Å². The molecule has 1 aliphatic heterocycles. The third-order valence-electron chi connectivity index (χ3n) is 2.66. The molecule has 0 aliphatic carbocycles. The molecule has 0 fully saturated rings. The van der Waals surface area contributed by atoms with Gasteiger partial charge in [0.25, 0.3) is 0 Å². The highest BCUT2D eigenvalue weighted by Crippen LogP contribution is 2.27. The number of rotatable bonds is 1. The largest absolute Gasteiger partial charge is 0.282 e. The lowest BCUT2D eigenvalue weighted by Gasteiger charge is -2.19. The molecule has 86 valence electrons. The second-order valence-electron chi connectivity index (χ2n) is 4.91. The zero-order chi connectivity index (χ0) is 11.8. The van der Waals surface area contributed by atoms with Gasteiger partial charge in [0, 0.05) is 0 Å². The van der Waals surface area contributed by atoms with Crippen molar-refractivity contribution in [2.24, 2.45) is 0 Å². The lowest BCUT2D eigenvalue weighted by molar-refractivity contribution is 0.411. The average molecular weight is 236 g/mol. The van der Waals surface area contributed by atoms with E-state index in [1.165, 1.54) is 5.56 Å². The molecular weight excluding hydrogens is 220 g/mol. The molecule has 0 saturated carbocycles. The summed E-state index contributed by atoms with van der Waals surface area (Å²) in [6, 6.07) is 8.20. The van der Waals surface area contributed by atoms with Crippen LogP contribution in [0.25, 0.3) is 4.91 Å². The molecule has 0 aromatic heterocycles. The van der Waals surface area contributed by atoms with E-state index < -0.39 is 11.1 Å². The van der Waals surface area contributed by atoms with E-state index in [0.29, 0.717) is 6.61 Å². The maximum absolute atomic E-state index is 11.5. The molecule has 0 spiro atoms. The fourth-order valence-corrected chi connectivity index (χ4v) is 2.50.